The van der Waals surface area contributed by atoms with Crippen molar-refractivity contribution in [2.45, 2.75) is 31.5 Å². The van der Waals surface area contributed by atoms with Crippen molar-refractivity contribution >= 4 is 17.6 Å². The van der Waals surface area contributed by atoms with Crippen LogP contribution < -0.4 is 16.6 Å². The van der Waals surface area contributed by atoms with Crippen LogP contribution in [0.2, 0.25) is 0 Å². The van der Waals surface area contributed by atoms with E-state index < -0.39 is 17.4 Å². The van der Waals surface area contributed by atoms with Crippen LogP contribution in [0.3, 0.4) is 0 Å². The van der Waals surface area contributed by atoms with E-state index in [0.29, 0.717) is 25.3 Å². The zero-order valence-corrected chi connectivity index (χ0v) is 15.1. The van der Waals surface area contributed by atoms with Gasteiger partial charge in [0.15, 0.2) is 0 Å². The highest BCUT2D eigenvalue weighted by Gasteiger charge is 2.66. The number of fused-ring (bicyclic) bond motifs is 1. The fraction of sp³-hybridized carbons (Fsp3) is 0.556. The minimum absolute atomic E-state index is 0.00863. The van der Waals surface area contributed by atoms with Crippen molar-refractivity contribution < 1.29 is 14.3 Å². The lowest BCUT2D eigenvalue weighted by atomic mass is 9.77. The molecule has 4 rings (SSSR count). The largest absolute Gasteiger partial charge is 0.383 e. The van der Waals surface area contributed by atoms with E-state index in [4.69, 9.17) is 10.5 Å². The molecule has 3 aliphatic rings. The van der Waals surface area contributed by atoms with Crippen molar-refractivity contribution in [3.05, 3.63) is 34.4 Å². The smallest absolute Gasteiger partial charge is 0.252 e. The van der Waals surface area contributed by atoms with Crippen molar-refractivity contribution in [1.82, 2.24) is 20.2 Å². The van der Waals surface area contributed by atoms with E-state index in [1.807, 2.05) is 19.1 Å². The molecule has 2 saturated heterocycles. The lowest BCUT2D eigenvalue weighted by Gasteiger charge is -2.23. The van der Waals surface area contributed by atoms with Crippen LogP contribution in [0.15, 0.2) is 23.0 Å². The average Bonchev–Trinajstić information content (AvgIpc) is 3.23. The predicted octanol–water partition coefficient (Wildman–Crippen LogP) is -0.797. The van der Waals surface area contributed by atoms with E-state index in [9.17, 15) is 14.4 Å². The Hall–Kier alpha value is -2.68. The van der Waals surface area contributed by atoms with Crippen LogP contribution in [0.4, 0.5) is 5.82 Å². The number of hydrogen-bond donors (Lipinski definition) is 3. The number of rotatable bonds is 6. The second kappa shape index (κ2) is 6.49. The zero-order valence-electron chi connectivity index (χ0n) is 15.1. The second-order valence-electron chi connectivity index (χ2n) is 7.32. The lowest BCUT2D eigenvalue weighted by molar-refractivity contribution is -0.137. The molecular weight excluding hydrogens is 350 g/mol. The summed E-state index contributed by atoms with van der Waals surface area (Å²) in [6.45, 7) is 3.48. The molecule has 2 bridgehead atoms. The van der Waals surface area contributed by atoms with Gasteiger partial charge in [-0.1, -0.05) is 19.1 Å². The minimum Gasteiger partial charge on any atom is -0.383 e. The molecule has 4 atom stereocenters. The molecule has 0 aliphatic carbocycles. The lowest BCUT2D eigenvalue weighted by Crippen LogP contribution is -2.44. The van der Waals surface area contributed by atoms with E-state index in [0.717, 1.165) is 6.42 Å². The van der Waals surface area contributed by atoms with Crippen molar-refractivity contribution in [3.63, 3.8) is 0 Å². The Morgan fingerprint density at radius 3 is 3.07 bits per heavy atom. The fourth-order valence-electron chi connectivity index (χ4n) is 4.41. The van der Waals surface area contributed by atoms with Crippen LogP contribution in [0.5, 0.6) is 0 Å². The van der Waals surface area contributed by atoms with Gasteiger partial charge in [-0.3, -0.25) is 14.4 Å². The van der Waals surface area contributed by atoms with Gasteiger partial charge in [0, 0.05) is 25.6 Å². The van der Waals surface area contributed by atoms with Gasteiger partial charge in [-0.25, -0.2) is 4.98 Å². The minimum atomic E-state index is -0.667. The Bertz CT molecular complexity index is 866. The summed E-state index contributed by atoms with van der Waals surface area (Å²) < 4.78 is 6.05. The molecule has 144 valence electrons. The van der Waals surface area contributed by atoms with E-state index in [1.54, 1.807) is 4.90 Å². The quantitative estimate of drug-likeness (QED) is 0.560. The summed E-state index contributed by atoms with van der Waals surface area (Å²) in [5, 5.41) is 2.85. The molecule has 0 radical (unpaired) electrons. The third-order valence-electron chi connectivity index (χ3n) is 5.45. The van der Waals surface area contributed by atoms with Crippen molar-refractivity contribution in [1.29, 1.82) is 0 Å². The number of aromatic amines is 1. The van der Waals surface area contributed by atoms with Gasteiger partial charge in [0.2, 0.25) is 11.8 Å². The van der Waals surface area contributed by atoms with Crippen LogP contribution in [-0.2, 0) is 20.7 Å². The number of ether oxygens (including phenoxy) is 1. The molecule has 0 unspecified atom stereocenters. The first-order chi connectivity index (χ1) is 12.9. The molecule has 0 aromatic carbocycles. The van der Waals surface area contributed by atoms with Crippen LogP contribution >= 0.6 is 0 Å². The van der Waals surface area contributed by atoms with E-state index in [1.165, 1.54) is 6.07 Å². The Kier molecular flexibility index (Phi) is 4.26. The molecular formula is C18H23N5O4. The Morgan fingerprint density at radius 1 is 1.52 bits per heavy atom. The first kappa shape index (κ1) is 17.7. The van der Waals surface area contributed by atoms with Crippen LogP contribution in [-0.4, -0.2) is 58.0 Å². The second-order valence-corrected chi connectivity index (χ2v) is 7.32. The highest BCUT2D eigenvalue weighted by molar-refractivity contribution is 5.93. The van der Waals surface area contributed by atoms with Gasteiger partial charge in [0.25, 0.3) is 5.56 Å². The number of nitrogen functional groups attached to an aromatic ring is 1. The van der Waals surface area contributed by atoms with Gasteiger partial charge in [-0.05, 0) is 6.42 Å². The number of likely N-dealkylation sites (tertiary alicyclic amines) is 1. The summed E-state index contributed by atoms with van der Waals surface area (Å²) in [5.41, 5.74) is 4.56. The van der Waals surface area contributed by atoms with Crippen molar-refractivity contribution in [3.8, 4) is 0 Å². The number of nitrogens with zero attached hydrogens (tertiary/aromatic N) is 2. The molecule has 1 aromatic rings. The molecule has 1 aromatic heterocycles. The maximum absolute atomic E-state index is 12.8. The molecule has 2 amide bonds. The van der Waals surface area contributed by atoms with Gasteiger partial charge >= 0.3 is 0 Å². The van der Waals surface area contributed by atoms with Gasteiger partial charge in [0.1, 0.15) is 17.2 Å². The molecule has 2 fully saturated rings. The number of hydrogen-bond acceptors (Lipinski definition) is 6. The summed E-state index contributed by atoms with van der Waals surface area (Å²) in [7, 11) is 0. The first-order valence-electron chi connectivity index (χ1n) is 9.23. The summed E-state index contributed by atoms with van der Waals surface area (Å²) in [5.74, 6) is -0.672. The predicted molar refractivity (Wildman–Crippen MR) is 96.6 cm³/mol. The number of carbonyl (C=O) groups excluding carboxylic acids is 2. The Morgan fingerprint density at radius 2 is 2.33 bits per heavy atom. The van der Waals surface area contributed by atoms with Crippen LogP contribution in [0, 0.1) is 11.8 Å². The summed E-state index contributed by atoms with van der Waals surface area (Å²) >= 11 is 0. The number of anilines is 1. The summed E-state index contributed by atoms with van der Waals surface area (Å²) in [6.07, 6.45) is 4.67. The molecule has 0 saturated carbocycles. The average molecular weight is 373 g/mol. The number of H-pyrrole nitrogens is 1. The van der Waals surface area contributed by atoms with Crippen molar-refractivity contribution in [2.24, 2.45) is 11.8 Å². The maximum atomic E-state index is 12.8. The third kappa shape index (κ3) is 2.91. The van der Waals surface area contributed by atoms with E-state index >= 15 is 0 Å². The number of aromatic nitrogens is 2. The molecule has 4 heterocycles. The van der Waals surface area contributed by atoms with E-state index in [-0.39, 0.29) is 35.8 Å². The molecule has 9 nitrogen and oxygen atoms in total. The monoisotopic (exact) mass is 373 g/mol. The maximum Gasteiger partial charge on any atom is 0.252 e. The summed E-state index contributed by atoms with van der Waals surface area (Å²) in [4.78, 5) is 45.4. The van der Waals surface area contributed by atoms with Crippen LogP contribution in [0.25, 0.3) is 0 Å². The van der Waals surface area contributed by atoms with Gasteiger partial charge < -0.3 is 25.7 Å². The Labute approximate surface area is 156 Å². The molecule has 9 heteroatoms. The number of nitrogens with two attached hydrogens (primary N) is 1. The normalized spacial score (nSPS) is 30.8. The molecule has 3 aliphatic heterocycles. The Balaban J connectivity index is 1.42. The SMILES string of the molecule is CCCN1C[C@]23C=C[C@H](O2)[C@H](C(=O)NCCc2nc(N)cc(=O)[nH]2)[C@@H]3C1=O. The highest BCUT2D eigenvalue weighted by Crippen LogP contribution is 2.51. The topological polar surface area (TPSA) is 130 Å². The number of amides is 2. The molecule has 27 heavy (non-hydrogen) atoms. The van der Waals surface area contributed by atoms with Gasteiger partial charge in [0.05, 0.1) is 24.5 Å². The van der Waals surface area contributed by atoms with Crippen LogP contribution in [0.1, 0.15) is 19.2 Å². The standard InChI is InChI=1S/C18H23N5O4/c1-2-7-23-9-18-5-3-10(27-18)14(15(18)17(23)26)16(25)20-6-4-12-21-11(19)8-13(24)22-12/h3,5,8,10,14-15H,2,4,6-7,9H2,1H3,(H,20,25)(H3,19,21,22,24)/t10-,14-,15+,18-/m0/s1. The van der Waals surface area contributed by atoms with E-state index in [2.05, 4.69) is 15.3 Å². The highest BCUT2D eigenvalue weighted by atomic mass is 16.5. The van der Waals surface area contributed by atoms with Crippen molar-refractivity contribution in [2.75, 3.05) is 25.4 Å². The summed E-state index contributed by atoms with van der Waals surface area (Å²) in [6, 6.07) is 1.20. The zero-order chi connectivity index (χ0) is 19.2. The molecule has 4 N–H and O–H groups in total. The molecule has 1 spiro atoms. The third-order valence-corrected chi connectivity index (χ3v) is 5.45. The van der Waals surface area contributed by atoms with Gasteiger partial charge in [-0.15, -0.1) is 0 Å². The number of carbonyl (C=O) groups is 2. The first-order valence-corrected chi connectivity index (χ1v) is 9.23. The number of nitrogens with one attached hydrogen (secondary N) is 2. The fourth-order valence-corrected chi connectivity index (χ4v) is 4.41. The van der Waals surface area contributed by atoms with Gasteiger partial charge in [-0.2, -0.15) is 0 Å².